The van der Waals surface area contributed by atoms with E-state index in [1.165, 1.54) is 12.1 Å². The molecule has 1 heterocycles. The third-order valence-corrected chi connectivity index (χ3v) is 3.53. The Morgan fingerprint density at radius 2 is 1.90 bits per heavy atom. The number of benzene rings is 1. The molecular weight excluding hydrogens is 265 g/mol. The number of aryl methyl sites for hydroxylation is 1. The minimum Gasteiger partial charge on any atom is -0.323 e. The molecule has 0 fully saturated rings. The summed E-state index contributed by atoms with van der Waals surface area (Å²) < 4.78 is 12.9. The summed E-state index contributed by atoms with van der Waals surface area (Å²) in [4.78, 5) is 6.77. The van der Waals surface area contributed by atoms with Gasteiger partial charge in [0.05, 0.1) is 5.69 Å². The van der Waals surface area contributed by atoms with Gasteiger partial charge in [-0.15, -0.1) is 0 Å². The van der Waals surface area contributed by atoms with Gasteiger partial charge in [-0.3, -0.25) is 9.88 Å². The fourth-order valence-corrected chi connectivity index (χ4v) is 2.32. The number of pyridine rings is 1. The van der Waals surface area contributed by atoms with Crippen LogP contribution < -0.4 is 5.73 Å². The molecule has 0 aliphatic carbocycles. The highest BCUT2D eigenvalue weighted by Gasteiger charge is 2.12. The normalized spacial score (nSPS) is 12.6. The Labute approximate surface area is 125 Å². The third kappa shape index (κ3) is 4.62. The second-order valence-corrected chi connectivity index (χ2v) is 5.26. The molecule has 0 bridgehead atoms. The average molecular weight is 287 g/mol. The molecule has 0 saturated carbocycles. The molecule has 2 aromatic rings. The number of hydrogen-bond acceptors (Lipinski definition) is 3. The Morgan fingerprint density at radius 3 is 2.52 bits per heavy atom. The van der Waals surface area contributed by atoms with E-state index in [1.54, 1.807) is 12.1 Å². The van der Waals surface area contributed by atoms with Crippen molar-refractivity contribution >= 4 is 0 Å². The molecule has 0 aliphatic heterocycles. The van der Waals surface area contributed by atoms with Gasteiger partial charge in [0.25, 0.3) is 0 Å². The highest BCUT2D eigenvalue weighted by molar-refractivity contribution is 5.20. The molecule has 0 saturated heterocycles. The van der Waals surface area contributed by atoms with Crippen molar-refractivity contribution in [1.82, 2.24) is 9.88 Å². The quantitative estimate of drug-likeness (QED) is 0.888. The lowest BCUT2D eigenvalue weighted by Crippen LogP contribution is -2.32. The molecule has 0 amide bonds. The minimum absolute atomic E-state index is 0.129. The van der Waals surface area contributed by atoms with Crippen LogP contribution in [0.25, 0.3) is 0 Å². The lowest BCUT2D eigenvalue weighted by Gasteiger charge is -2.24. The molecule has 4 heteroatoms. The first kappa shape index (κ1) is 15.6. The Kier molecular flexibility index (Phi) is 5.42. The zero-order valence-electron chi connectivity index (χ0n) is 12.6. The number of likely N-dealkylation sites (N-methyl/N-ethyl adjacent to an activating group) is 1. The van der Waals surface area contributed by atoms with E-state index in [1.807, 2.05) is 25.1 Å². The number of hydrogen-bond donors (Lipinski definition) is 1. The van der Waals surface area contributed by atoms with Crippen molar-refractivity contribution in [3.63, 3.8) is 0 Å². The third-order valence-electron chi connectivity index (χ3n) is 3.53. The largest absolute Gasteiger partial charge is 0.323 e. The number of nitrogens with two attached hydrogens (primary N) is 1. The van der Waals surface area contributed by atoms with Crippen molar-refractivity contribution in [2.45, 2.75) is 26.4 Å². The summed E-state index contributed by atoms with van der Waals surface area (Å²) in [6, 6.07) is 12.3. The van der Waals surface area contributed by atoms with Crippen LogP contribution in [0.1, 0.15) is 29.9 Å². The number of aromatic nitrogens is 1. The van der Waals surface area contributed by atoms with E-state index >= 15 is 0 Å². The fraction of sp³-hybridized carbons (Fsp3) is 0.353. The van der Waals surface area contributed by atoms with Crippen molar-refractivity contribution in [2.24, 2.45) is 5.73 Å². The summed E-state index contributed by atoms with van der Waals surface area (Å²) in [5, 5.41) is 0. The van der Waals surface area contributed by atoms with Gasteiger partial charge in [0.1, 0.15) is 5.82 Å². The summed E-state index contributed by atoms with van der Waals surface area (Å²) in [6.45, 7) is 6.48. The molecule has 1 unspecified atom stereocenters. The molecule has 3 nitrogen and oxygen atoms in total. The summed E-state index contributed by atoms with van der Waals surface area (Å²) >= 11 is 0. The van der Waals surface area contributed by atoms with E-state index < -0.39 is 0 Å². The van der Waals surface area contributed by atoms with E-state index in [-0.39, 0.29) is 11.9 Å². The minimum atomic E-state index is -0.234. The predicted octanol–water partition coefficient (Wildman–Crippen LogP) is 3.05. The molecule has 1 aromatic carbocycles. The Morgan fingerprint density at radius 1 is 1.19 bits per heavy atom. The van der Waals surface area contributed by atoms with Crippen LogP contribution >= 0.6 is 0 Å². The average Bonchev–Trinajstić information content (AvgIpc) is 2.47. The molecule has 0 aliphatic rings. The molecule has 0 radical (unpaired) electrons. The molecule has 21 heavy (non-hydrogen) atoms. The highest BCUT2D eigenvalue weighted by atomic mass is 19.1. The van der Waals surface area contributed by atoms with Crippen molar-refractivity contribution < 1.29 is 4.39 Å². The zero-order valence-corrected chi connectivity index (χ0v) is 12.6. The van der Waals surface area contributed by atoms with E-state index in [0.717, 1.165) is 36.6 Å². The topological polar surface area (TPSA) is 42.2 Å². The van der Waals surface area contributed by atoms with E-state index in [2.05, 4.69) is 16.8 Å². The number of rotatable bonds is 6. The van der Waals surface area contributed by atoms with Gasteiger partial charge in [0.2, 0.25) is 0 Å². The van der Waals surface area contributed by atoms with Gasteiger partial charge < -0.3 is 5.73 Å². The van der Waals surface area contributed by atoms with Crippen LogP contribution in [-0.2, 0) is 6.54 Å². The van der Waals surface area contributed by atoms with Crippen molar-refractivity contribution in [3.05, 3.63) is 65.2 Å². The van der Waals surface area contributed by atoms with Crippen LogP contribution in [0.5, 0.6) is 0 Å². The summed E-state index contributed by atoms with van der Waals surface area (Å²) in [5.74, 6) is -0.234. The van der Waals surface area contributed by atoms with Gasteiger partial charge in [-0.25, -0.2) is 4.39 Å². The lowest BCUT2D eigenvalue weighted by atomic mass is 10.1. The molecule has 0 spiro atoms. The summed E-state index contributed by atoms with van der Waals surface area (Å²) in [7, 11) is 0. The maximum atomic E-state index is 12.9. The second-order valence-electron chi connectivity index (χ2n) is 5.26. The van der Waals surface area contributed by atoms with Gasteiger partial charge in [0.15, 0.2) is 0 Å². The second kappa shape index (κ2) is 7.29. The number of nitrogens with zero attached hydrogens (tertiary/aromatic N) is 2. The predicted molar refractivity (Wildman–Crippen MR) is 83.3 cm³/mol. The maximum Gasteiger partial charge on any atom is 0.123 e. The SMILES string of the molecule is CCN(Cc1cccc(C)n1)CC(N)c1ccc(F)cc1. The van der Waals surface area contributed by atoms with Gasteiger partial charge in [0, 0.05) is 24.8 Å². The van der Waals surface area contributed by atoms with Gasteiger partial charge >= 0.3 is 0 Å². The van der Waals surface area contributed by atoms with Gasteiger partial charge in [-0.05, 0) is 43.3 Å². The Balaban J connectivity index is 2.00. The summed E-state index contributed by atoms with van der Waals surface area (Å²) in [6.07, 6.45) is 0. The van der Waals surface area contributed by atoms with Crippen molar-refractivity contribution in [2.75, 3.05) is 13.1 Å². The fourth-order valence-electron chi connectivity index (χ4n) is 2.32. The molecule has 2 rings (SSSR count). The molecule has 2 N–H and O–H groups in total. The lowest BCUT2D eigenvalue weighted by molar-refractivity contribution is 0.259. The van der Waals surface area contributed by atoms with Crippen molar-refractivity contribution in [3.8, 4) is 0 Å². The zero-order chi connectivity index (χ0) is 15.2. The van der Waals surface area contributed by atoms with Crippen molar-refractivity contribution in [1.29, 1.82) is 0 Å². The Hall–Kier alpha value is -1.78. The van der Waals surface area contributed by atoms with Crippen LogP contribution in [0.15, 0.2) is 42.5 Å². The van der Waals surface area contributed by atoms with Crippen LogP contribution in [0.4, 0.5) is 4.39 Å². The van der Waals surface area contributed by atoms with Crippen LogP contribution in [0.2, 0.25) is 0 Å². The molecule has 1 atom stereocenters. The van der Waals surface area contributed by atoms with E-state index in [4.69, 9.17) is 5.73 Å². The Bertz CT molecular complexity index is 569. The van der Waals surface area contributed by atoms with Gasteiger partial charge in [-0.1, -0.05) is 25.1 Å². The first-order valence-corrected chi connectivity index (χ1v) is 7.24. The van der Waals surface area contributed by atoms with E-state index in [9.17, 15) is 4.39 Å². The van der Waals surface area contributed by atoms with Gasteiger partial charge in [-0.2, -0.15) is 0 Å². The molecular formula is C17H22FN3. The first-order chi connectivity index (χ1) is 10.1. The molecule has 112 valence electrons. The molecule has 1 aromatic heterocycles. The number of halogens is 1. The first-order valence-electron chi connectivity index (χ1n) is 7.24. The van der Waals surface area contributed by atoms with Crippen LogP contribution in [0.3, 0.4) is 0 Å². The highest BCUT2D eigenvalue weighted by Crippen LogP contribution is 2.14. The van der Waals surface area contributed by atoms with Crippen LogP contribution in [0, 0.1) is 12.7 Å². The monoisotopic (exact) mass is 287 g/mol. The van der Waals surface area contributed by atoms with E-state index in [0.29, 0.717) is 0 Å². The smallest absolute Gasteiger partial charge is 0.123 e. The van der Waals surface area contributed by atoms with Crippen LogP contribution in [-0.4, -0.2) is 23.0 Å². The maximum absolute atomic E-state index is 12.9. The summed E-state index contributed by atoms with van der Waals surface area (Å²) in [5.41, 5.74) is 9.24. The standard InChI is InChI=1S/C17H22FN3/c1-3-21(11-16-6-4-5-13(2)20-16)12-17(19)14-7-9-15(18)10-8-14/h4-10,17H,3,11-12,19H2,1-2H3.